The van der Waals surface area contributed by atoms with Gasteiger partial charge in [0.1, 0.15) is 5.03 Å². The Hall–Kier alpha value is -1.94. The van der Waals surface area contributed by atoms with Crippen LogP contribution in [-0.4, -0.2) is 49.8 Å². The van der Waals surface area contributed by atoms with Gasteiger partial charge in [-0.15, -0.1) is 0 Å². The zero-order valence-electron chi connectivity index (χ0n) is 17.6. The number of likely N-dealkylation sites (tertiary alicyclic amines) is 1. The first kappa shape index (κ1) is 22.3. The first-order valence-electron chi connectivity index (χ1n) is 10.3. The molecular weight excluding hydrogens is 456 g/mol. The maximum Gasteiger partial charge on any atom is 0.320 e. The smallest absolute Gasteiger partial charge is 0.320 e. The summed E-state index contributed by atoms with van der Waals surface area (Å²) >= 11 is 7.52. The topological polar surface area (TPSA) is 84.3 Å². The van der Waals surface area contributed by atoms with Gasteiger partial charge in [-0.2, -0.15) is 0 Å². The fraction of sp³-hybridized carbons (Fsp3) is 0.429. The molecule has 0 bridgehead atoms. The molecule has 1 aliphatic heterocycles. The summed E-state index contributed by atoms with van der Waals surface area (Å²) in [5.41, 5.74) is 0.704. The molecule has 3 aromatic rings. The third kappa shape index (κ3) is 4.24. The molecule has 1 fully saturated rings. The van der Waals surface area contributed by atoms with Crippen LogP contribution in [0.25, 0.3) is 10.9 Å². The van der Waals surface area contributed by atoms with Crippen molar-refractivity contribution in [2.75, 3.05) is 25.9 Å². The number of aromatic nitrogens is 2. The Bertz CT molecular complexity index is 1300. The summed E-state index contributed by atoms with van der Waals surface area (Å²) in [6, 6.07) is 6.77. The first-order valence-corrected chi connectivity index (χ1v) is 13.1. The van der Waals surface area contributed by atoms with Crippen LogP contribution >= 0.6 is 22.9 Å². The van der Waals surface area contributed by atoms with Gasteiger partial charge in [0.15, 0.2) is 14.6 Å². The van der Waals surface area contributed by atoms with E-state index in [1.54, 1.807) is 31.3 Å². The van der Waals surface area contributed by atoms with Crippen LogP contribution in [0.1, 0.15) is 25.7 Å². The SMILES string of the molecule is CN=c1sc([N+]2(C(=O)CCS(=O)(=O)c3cc4cc(Cl)ccc4[nH]3)CCCCC2)cn1C. The predicted molar refractivity (Wildman–Crippen MR) is 125 cm³/mol. The van der Waals surface area contributed by atoms with Crippen molar-refractivity contribution in [1.82, 2.24) is 14.0 Å². The van der Waals surface area contributed by atoms with Gasteiger partial charge in [0, 0.05) is 30.0 Å². The molecule has 1 saturated heterocycles. The summed E-state index contributed by atoms with van der Waals surface area (Å²) in [5.74, 6) is -0.276. The summed E-state index contributed by atoms with van der Waals surface area (Å²) in [7, 11) is 0.0157. The Morgan fingerprint density at radius 2 is 2.00 bits per heavy atom. The second-order valence-corrected chi connectivity index (χ2v) is 11.5. The van der Waals surface area contributed by atoms with E-state index in [9.17, 15) is 13.2 Å². The fourth-order valence-corrected chi connectivity index (χ4v) is 6.81. The average molecular weight is 482 g/mol. The number of piperidine rings is 1. The molecule has 0 radical (unpaired) electrons. The summed E-state index contributed by atoms with van der Waals surface area (Å²) < 4.78 is 28.1. The normalized spacial score (nSPS) is 17.3. The lowest BCUT2D eigenvalue weighted by Crippen LogP contribution is -2.57. The molecule has 3 heterocycles. The largest absolute Gasteiger partial charge is 0.346 e. The zero-order valence-corrected chi connectivity index (χ0v) is 20.0. The Balaban J connectivity index is 1.59. The van der Waals surface area contributed by atoms with Gasteiger partial charge in [0.25, 0.3) is 0 Å². The van der Waals surface area contributed by atoms with Gasteiger partial charge in [-0.05, 0) is 54.9 Å². The number of rotatable bonds is 5. The molecule has 4 rings (SSSR count). The van der Waals surface area contributed by atoms with E-state index in [0.29, 0.717) is 23.6 Å². The average Bonchev–Trinajstić information content (AvgIpc) is 3.36. The highest BCUT2D eigenvalue weighted by molar-refractivity contribution is 7.91. The van der Waals surface area contributed by atoms with Crippen molar-refractivity contribution < 1.29 is 13.2 Å². The zero-order chi connectivity index (χ0) is 22.2. The number of nitrogens with zero attached hydrogens (tertiary/aromatic N) is 3. The van der Waals surface area contributed by atoms with Gasteiger partial charge in [-0.1, -0.05) is 11.6 Å². The maximum absolute atomic E-state index is 13.5. The van der Waals surface area contributed by atoms with Gasteiger partial charge in [0.05, 0.1) is 31.5 Å². The highest BCUT2D eigenvalue weighted by atomic mass is 35.5. The van der Waals surface area contributed by atoms with Crippen LogP contribution in [0.4, 0.5) is 5.00 Å². The van der Waals surface area contributed by atoms with Crippen molar-refractivity contribution in [3.63, 3.8) is 0 Å². The molecule has 166 valence electrons. The van der Waals surface area contributed by atoms with E-state index in [0.717, 1.165) is 34.5 Å². The summed E-state index contributed by atoms with van der Waals surface area (Å²) in [6.07, 6.45) is 4.92. The molecule has 0 saturated carbocycles. The van der Waals surface area contributed by atoms with Crippen molar-refractivity contribution >= 4 is 54.6 Å². The van der Waals surface area contributed by atoms with Crippen LogP contribution in [0.2, 0.25) is 5.02 Å². The number of fused-ring (bicyclic) bond motifs is 1. The number of carbonyl (C=O) groups excluding carboxylic acids is 1. The summed E-state index contributed by atoms with van der Waals surface area (Å²) in [6.45, 7) is 1.40. The molecule has 1 N–H and O–H groups in total. The van der Waals surface area contributed by atoms with Crippen molar-refractivity contribution in [2.45, 2.75) is 30.7 Å². The number of amides is 1. The second kappa shape index (κ2) is 8.54. The molecule has 0 spiro atoms. The molecule has 7 nitrogen and oxygen atoms in total. The number of hydrogen-bond acceptors (Lipinski definition) is 5. The lowest BCUT2D eigenvalue weighted by molar-refractivity contribution is -0.130. The van der Waals surface area contributed by atoms with E-state index in [2.05, 4.69) is 9.98 Å². The number of thiazole rings is 1. The number of aromatic amines is 1. The number of hydrogen-bond donors (Lipinski definition) is 1. The van der Waals surface area contributed by atoms with E-state index in [-0.39, 0.29) is 27.6 Å². The predicted octanol–water partition coefficient (Wildman–Crippen LogP) is 3.63. The van der Waals surface area contributed by atoms with Crippen LogP contribution in [0.5, 0.6) is 0 Å². The fourth-order valence-electron chi connectivity index (χ4n) is 4.25. The van der Waals surface area contributed by atoms with Crippen LogP contribution in [0.15, 0.2) is 40.5 Å². The third-order valence-electron chi connectivity index (χ3n) is 5.95. The van der Waals surface area contributed by atoms with Gasteiger partial charge < -0.3 is 9.55 Å². The molecule has 10 heteroatoms. The number of carbonyl (C=O) groups is 1. The quantitative estimate of drug-likeness (QED) is 0.564. The third-order valence-corrected chi connectivity index (χ3v) is 9.13. The Morgan fingerprint density at radius 3 is 2.68 bits per heavy atom. The van der Waals surface area contributed by atoms with E-state index in [4.69, 9.17) is 11.6 Å². The molecule has 1 amide bonds. The van der Waals surface area contributed by atoms with Crippen molar-refractivity contribution in [3.8, 4) is 0 Å². The molecule has 0 atom stereocenters. The van der Waals surface area contributed by atoms with Crippen molar-refractivity contribution in [3.05, 3.63) is 40.3 Å². The molecule has 0 aliphatic carbocycles. The molecule has 0 unspecified atom stereocenters. The van der Waals surface area contributed by atoms with E-state index < -0.39 is 9.84 Å². The van der Waals surface area contributed by atoms with Crippen LogP contribution in [-0.2, 0) is 21.7 Å². The minimum Gasteiger partial charge on any atom is -0.346 e. The number of halogens is 1. The second-order valence-electron chi connectivity index (χ2n) is 7.99. The lowest BCUT2D eigenvalue weighted by Gasteiger charge is -2.36. The van der Waals surface area contributed by atoms with Gasteiger partial charge in [0.2, 0.25) is 5.00 Å². The Kier molecular flexibility index (Phi) is 6.13. The van der Waals surface area contributed by atoms with E-state index in [1.807, 2.05) is 17.8 Å². The molecule has 1 aliphatic rings. The maximum atomic E-state index is 13.5. The molecular formula is C21H26ClN4O3S2+. The van der Waals surface area contributed by atoms with Gasteiger partial charge >= 0.3 is 5.91 Å². The number of sulfone groups is 1. The van der Waals surface area contributed by atoms with Crippen molar-refractivity contribution in [1.29, 1.82) is 0 Å². The highest BCUT2D eigenvalue weighted by Crippen LogP contribution is 2.32. The number of H-pyrrole nitrogens is 1. The molecule has 31 heavy (non-hydrogen) atoms. The van der Waals surface area contributed by atoms with Crippen LogP contribution in [0, 0.1) is 0 Å². The number of quaternary nitrogens is 1. The Labute approximate surface area is 190 Å². The van der Waals surface area contributed by atoms with Crippen LogP contribution in [0.3, 0.4) is 0 Å². The molecule has 1 aromatic carbocycles. The minimum absolute atomic E-state index is 0.0291. The summed E-state index contributed by atoms with van der Waals surface area (Å²) in [4.78, 5) is 21.5. The monoisotopic (exact) mass is 481 g/mol. The van der Waals surface area contributed by atoms with E-state index in [1.165, 1.54) is 11.3 Å². The van der Waals surface area contributed by atoms with E-state index >= 15 is 0 Å². The summed E-state index contributed by atoms with van der Waals surface area (Å²) in [5, 5.41) is 2.34. The minimum atomic E-state index is -3.64. The Morgan fingerprint density at radius 1 is 1.26 bits per heavy atom. The van der Waals surface area contributed by atoms with Crippen LogP contribution < -0.4 is 9.28 Å². The lowest BCUT2D eigenvalue weighted by atomic mass is 10.1. The number of benzene rings is 1. The number of nitrogens with one attached hydrogen (secondary N) is 1. The van der Waals surface area contributed by atoms with Crippen molar-refractivity contribution in [2.24, 2.45) is 12.0 Å². The van der Waals surface area contributed by atoms with Gasteiger partial charge in [-0.25, -0.2) is 17.7 Å². The number of aryl methyl sites for hydroxylation is 1. The molecule has 2 aromatic heterocycles. The highest BCUT2D eigenvalue weighted by Gasteiger charge is 2.42. The van der Waals surface area contributed by atoms with Gasteiger partial charge in [-0.3, -0.25) is 4.99 Å². The standard InChI is InChI=1S/C21H26ClN4O3S2/c1-23-21-25(2)14-20(30-21)26(9-4-3-5-10-26)19(27)8-11-31(28,29)18-13-15-12-16(22)6-7-17(15)24-18/h6-7,12-14,24H,3-5,8-11H2,1-2H3/q+1. The first-order chi connectivity index (χ1) is 14.7.